The lowest BCUT2D eigenvalue weighted by Crippen LogP contribution is -2.30. The van der Waals surface area contributed by atoms with Crippen molar-refractivity contribution >= 4 is 5.91 Å². The Labute approximate surface area is 159 Å². The van der Waals surface area contributed by atoms with Crippen LogP contribution in [0.25, 0.3) is 5.69 Å². The standard InChI is InChI=1S/C22H24N4O/c1-24(15-18-7-9-21(10-8-18)26-13-4-12-23-26)22(27)11-14-25-16-19-5-2-3-6-20(19)17-25/h2-10,12-13H,11,14-17H2,1H3. The summed E-state index contributed by atoms with van der Waals surface area (Å²) >= 11 is 0. The second kappa shape index (κ2) is 7.76. The molecule has 0 saturated heterocycles. The van der Waals surface area contributed by atoms with Gasteiger partial charge in [0.2, 0.25) is 5.91 Å². The fourth-order valence-corrected chi connectivity index (χ4v) is 3.54. The predicted octanol–water partition coefficient (Wildman–Crippen LogP) is 3.24. The first-order valence-corrected chi connectivity index (χ1v) is 9.31. The van der Waals surface area contributed by atoms with Gasteiger partial charge in [-0.1, -0.05) is 36.4 Å². The maximum Gasteiger partial charge on any atom is 0.223 e. The van der Waals surface area contributed by atoms with Gasteiger partial charge in [-0.3, -0.25) is 9.69 Å². The Morgan fingerprint density at radius 3 is 2.37 bits per heavy atom. The molecule has 0 aliphatic carbocycles. The third-order valence-corrected chi connectivity index (χ3v) is 5.10. The molecule has 0 unspecified atom stereocenters. The van der Waals surface area contributed by atoms with Gasteiger partial charge < -0.3 is 4.90 Å². The van der Waals surface area contributed by atoms with E-state index in [1.807, 2.05) is 41.0 Å². The Balaban J connectivity index is 1.27. The molecule has 0 saturated carbocycles. The monoisotopic (exact) mass is 360 g/mol. The fraction of sp³-hybridized carbons (Fsp3) is 0.273. The first-order chi connectivity index (χ1) is 13.2. The highest BCUT2D eigenvalue weighted by Gasteiger charge is 2.19. The molecule has 4 rings (SSSR count). The molecule has 138 valence electrons. The van der Waals surface area contributed by atoms with Gasteiger partial charge in [-0.05, 0) is 34.9 Å². The number of hydrogen-bond acceptors (Lipinski definition) is 3. The van der Waals surface area contributed by atoms with Gasteiger partial charge in [0.05, 0.1) is 5.69 Å². The number of carbonyl (C=O) groups excluding carboxylic acids is 1. The lowest BCUT2D eigenvalue weighted by molar-refractivity contribution is -0.130. The van der Waals surface area contributed by atoms with E-state index in [2.05, 4.69) is 46.4 Å². The molecule has 0 spiro atoms. The molecule has 0 N–H and O–H groups in total. The van der Waals surface area contributed by atoms with Crippen LogP contribution in [0.3, 0.4) is 0 Å². The van der Waals surface area contributed by atoms with Crippen molar-refractivity contribution in [1.82, 2.24) is 19.6 Å². The summed E-state index contributed by atoms with van der Waals surface area (Å²) in [5.74, 6) is 0.183. The van der Waals surface area contributed by atoms with Crippen molar-refractivity contribution in [2.75, 3.05) is 13.6 Å². The Kier molecular flexibility index (Phi) is 5.03. The van der Waals surface area contributed by atoms with Crippen LogP contribution in [0.2, 0.25) is 0 Å². The van der Waals surface area contributed by atoms with Crippen LogP contribution in [0.15, 0.2) is 67.0 Å². The second-order valence-electron chi connectivity index (χ2n) is 7.10. The van der Waals surface area contributed by atoms with Crippen LogP contribution in [0.4, 0.5) is 0 Å². The van der Waals surface area contributed by atoms with Crippen molar-refractivity contribution in [3.05, 3.63) is 83.7 Å². The van der Waals surface area contributed by atoms with Gasteiger partial charge in [0.15, 0.2) is 0 Å². The van der Waals surface area contributed by atoms with Crippen LogP contribution in [0.1, 0.15) is 23.1 Å². The predicted molar refractivity (Wildman–Crippen MR) is 105 cm³/mol. The zero-order chi connectivity index (χ0) is 18.6. The van der Waals surface area contributed by atoms with Gasteiger partial charge in [0.25, 0.3) is 0 Å². The number of fused-ring (bicyclic) bond motifs is 1. The fourth-order valence-electron chi connectivity index (χ4n) is 3.54. The highest BCUT2D eigenvalue weighted by Crippen LogP contribution is 2.22. The van der Waals surface area contributed by atoms with Gasteiger partial charge in [-0.2, -0.15) is 5.10 Å². The zero-order valence-corrected chi connectivity index (χ0v) is 15.6. The van der Waals surface area contributed by atoms with E-state index in [9.17, 15) is 4.79 Å². The molecule has 0 fully saturated rings. The lowest BCUT2D eigenvalue weighted by Gasteiger charge is -2.20. The largest absolute Gasteiger partial charge is 0.341 e. The summed E-state index contributed by atoms with van der Waals surface area (Å²) in [5, 5.41) is 4.23. The molecule has 1 aliphatic rings. The molecule has 5 heteroatoms. The molecule has 1 aliphatic heterocycles. The highest BCUT2D eigenvalue weighted by atomic mass is 16.2. The van der Waals surface area contributed by atoms with Gasteiger partial charge in [0, 0.05) is 52.0 Å². The summed E-state index contributed by atoms with van der Waals surface area (Å²) in [4.78, 5) is 16.7. The normalized spacial score (nSPS) is 13.5. The molecule has 0 radical (unpaired) electrons. The summed E-state index contributed by atoms with van der Waals surface area (Å²) in [7, 11) is 1.88. The maximum absolute atomic E-state index is 12.5. The molecule has 5 nitrogen and oxygen atoms in total. The molecule has 1 amide bonds. The van der Waals surface area contributed by atoms with Crippen LogP contribution in [0, 0.1) is 0 Å². The first-order valence-electron chi connectivity index (χ1n) is 9.31. The minimum absolute atomic E-state index is 0.183. The molecule has 1 aromatic heterocycles. The van der Waals surface area contributed by atoms with Crippen LogP contribution < -0.4 is 0 Å². The second-order valence-corrected chi connectivity index (χ2v) is 7.10. The number of hydrogen-bond donors (Lipinski definition) is 0. The van der Waals surface area contributed by atoms with Gasteiger partial charge in [0.1, 0.15) is 0 Å². The average Bonchev–Trinajstić information content (AvgIpc) is 3.36. The van der Waals surface area contributed by atoms with E-state index >= 15 is 0 Å². The molecule has 0 bridgehead atoms. The number of rotatable bonds is 6. The molecular formula is C22H24N4O. The summed E-state index contributed by atoms with van der Waals surface area (Å²) < 4.78 is 1.83. The van der Waals surface area contributed by atoms with Crippen molar-refractivity contribution in [3.63, 3.8) is 0 Å². The van der Waals surface area contributed by atoms with E-state index in [1.54, 1.807) is 6.20 Å². The van der Waals surface area contributed by atoms with Crippen molar-refractivity contribution in [2.24, 2.45) is 0 Å². The molecule has 3 aromatic rings. The molecule has 2 aromatic carbocycles. The van der Waals surface area contributed by atoms with E-state index in [4.69, 9.17) is 0 Å². The maximum atomic E-state index is 12.5. The number of carbonyl (C=O) groups is 1. The Bertz CT molecular complexity index is 877. The third-order valence-electron chi connectivity index (χ3n) is 5.10. The molecule has 2 heterocycles. The molecule has 27 heavy (non-hydrogen) atoms. The number of aromatic nitrogens is 2. The SMILES string of the molecule is CN(Cc1ccc(-n2cccn2)cc1)C(=O)CCN1Cc2ccccc2C1. The first kappa shape index (κ1) is 17.5. The number of benzene rings is 2. The minimum Gasteiger partial charge on any atom is -0.341 e. The van der Waals surface area contributed by atoms with Crippen molar-refractivity contribution in [1.29, 1.82) is 0 Å². The van der Waals surface area contributed by atoms with Crippen LogP contribution in [0.5, 0.6) is 0 Å². The van der Waals surface area contributed by atoms with E-state index in [-0.39, 0.29) is 5.91 Å². The highest BCUT2D eigenvalue weighted by molar-refractivity contribution is 5.76. The van der Waals surface area contributed by atoms with Gasteiger partial charge in [-0.25, -0.2) is 4.68 Å². The van der Waals surface area contributed by atoms with E-state index in [0.717, 1.165) is 30.9 Å². The Hall–Kier alpha value is -2.92. The third kappa shape index (κ3) is 4.09. The summed E-state index contributed by atoms with van der Waals surface area (Å²) in [5.41, 5.74) is 4.91. The summed E-state index contributed by atoms with van der Waals surface area (Å²) in [6, 6.07) is 18.6. The number of amides is 1. The Morgan fingerprint density at radius 1 is 1.04 bits per heavy atom. The molecule has 0 atom stereocenters. The van der Waals surface area contributed by atoms with Gasteiger partial charge >= 0.3 is 0 Å². The zero-order valence-electron chi connectivity index (χ0n) is 15.6. The quantitative estimate of drug-likeness (QED) is 0.678. The van der Waals surface area contributed by atoms with Crippen molar-refractivity contribution in [3.8, 4) is 5.69 Å². The van der Waals surface area contributed by atoms with Gasteiger partial charge in [-0.15, -0.1) is 0 Å². The topological polar surface area (TPSA) is 41.4 Å². The smallest absolute Gasteiger partial charge is 0.223 e. The summed E-state index contributed by atoms with van der Waals surface area (Å²) in [6.45, 7) is 3.32. The Morgan fingerprint density at radius 2 is 1.74 bits per heavy atom. The van der Waals surface area contributed by atoms with Crippen LogP contribution >= 0.6 is 0 Å². The van der Waals surface area contributed by atoms with Crippen molar-refractivity contribution < 1.29 is 4.79 Å². The van der Waals surface area contributed by atoms with Crippen LogP contribution in [-0.2, 0) is 24.4 Å². The summed E-state index contributed by atoms with van der Waals surface area (Å²) in [6.07, 6.45) is 4.23. The van der Waals surface area contributed by atoms with Crippen LogP contribution in [-0.4, -0.2) is 39.1 Å². The van der Waals surface area contributed by atoms with E-state index < -0.39 is 0 Å². The number of nitrogens with zero attached hydrogens (tertiary/aromatic N) is 4. The average molecular weight is 360 g/mol. The van der Waals surface area contributed by atoms with E-state index in [0.29, 0.717) is 13.0 Å². The van der Waals surface area contributed by atoms with E-state index in [1.165, 1.54) is 11.1 Å². The molecular weight excluding hydrogens is 336 g/mol. The minimum atomic E-state index is 0.183. The lowest BCUT2D eigenvalue weighted by atomic mass is 10.1. The van der Waals surface area contributed by atoms with Crippen molar-refractivity contribution in [2.45, 2.75) is 26.1 Å².